The minimum atomic E-state index is -0.437. The monoisotopic (exact) mass is 563 g/mol. The molecule has 0 saturated carbocycles. The second kappa shape index (κ2) is 63.7. The molecule has 0 N–H and O–H groups in total. The van der Waals surface area contributed by atoms with Gasteiger partial charge >= 0.3 is 21.1 Å². The zero-order valence-corrected chi connectivity index (χ0v) is 23.3. The fraction of sp³-hybridized carbons (Fsp3) is 0.500. The molecule has 2 aromatic rings. The van der Waals surface area contributed by atoms with Crippen LogP contribution < -0.4 is 0 Å². The number of rotatable bonds is 1. The van der Waals surface area contributed by atoms with Crippen LogP contribution in [0, 0.1) is 22.2 Å². The first kappa shape index (κ1) is 45.3. The summed E-state index contributed by atoms with van der Waals surface area (Å²) in [5.74, 6) is 0. The average Bonchev–Trinajstić information content (AvgIpc) is 2.84. The van der Waals surface area contributed by atoms with E-state index in [1.165, 1.54) is 24.3 Å². The van der Waals surface area contributed by atoms with Crippen LogP contribution in [0.4, 0.5) is 5.69 Å². The first-order valence-corrected chi connectivity index (χ1v) is 10.3. The van der Waals surface area contributed by atoms with Crippen molar-refractivity contribution >= 4 is 5.69 Å². The molecule has 28 heavy (non-hydrogen) atoms. The van der Waals surface area contributed by atoms with E-state index in [4.69, 9.17) is 0 Å². The van der Waals surface area contributed by atoms with Gasteiger partial charge in [0.1, 0.15) is 0 Å². The van der Waals surface area contributed by atoms with Crippen molar-refractivity contribution in [2.75, 3.05) is 0 Å². The van der Waals surface area contributed by atoms with Crippen molar-refractivity contribution in [3.8, 4) is 0 Å². The van der Waals surface area contributed by atoms with E-state index in [0.29, 0.717) is 0 Å². The summed E-state index contributed by atoms with van der Waals surface area (Å²) in [4.78, 5) is 9.56. The van der Waals surface area contributed by atoms with Gasteiger partial charge in [0.25, 0.3) is 0 Å². The third-order valence-corrected chi connectivity index (χ3v) is 1.52. The molecule has 0 fully saturated rings. The molecule has 0 aliphatic rings. The Morgan fingerprint density at radius 3 is 1.04 bits per heavy atom. The predicted octanol–water partition coefficient (Wildman–Crippen LogP) is 9.04. The number of hydrogen-bond donors (Lipinski definition) is 0. The van der Waals surface area contributed by atoms with Crippen LogP contribution in [0.3, 0.4) is 0 Å². The molecule has 0 amide bonds. The molecular weight excluding hydrogens is 518 g/mol. The number of hydrogen-bond acceptors (Lipinski definition) is 2. The molecule has 0 radical (unpaired) electrons. The first-order valence-electron chi connectivity index (χ1n) is 10.3. The van der Waals surface area contributed by atoms with E-state index >= 15 is 0 Å². The van der Waals surface area contributed by atoms with Gasteiger partial charge in [-0.3, -0.25) is 10.1 Å². The van der Waals surface area contributed by atoms with Gasteiger partial charge in [-0.2, -0.15) is 54.6 Å². The molecule has 2 rings (SSSR count). The molecule has 0 aliphatic heterocycles. The van der Waals surface area contributed by atoms with Gasteiger partial charge in [-0.1, -0.05) is 95.2 Å². The van der Waals surface area contributed by atoms with Gasteiger partial charge < -0.3 is 0 Å². The van der Waals surface area contributed by atoms with Crippen molar-refractivity contribution in [1.82, 2.24) is 0 Å². The van der Waals surface area contributed by atoms with Crippen LogP contribution in [0.15, 0.2) is 54.6 Å². The van der Waals surface area contributed by atoms with E-state index in [2.05, 4.69) is 12.1 Å². The minimum absolute atomic E-state index is 0. The molecule has 164 valence electrons. The van der Waals surface area contributed by atoms with Crippen molar-refractivity contribution in [3.05, 3.63) is 76.8 Å². The molecule has 0 aromatic heterocycles. The van der Waals surface area contributed by atoms with E-state index < -0.39 is 4.92 Å². The van der Waals surface area contributed by atoms with E-state index in [0.717, 1.165) is 0 Å². The van der Waals surface area contributed by atoms with Crippen LogP contribution in [0.1, 0.15) is 83.1 Å². The van der Waals surface area contributed by atoms with Gasteiger partial charge in [-0.25, -0.2) is 0 Å². The maximum absolute atomic E-state index is 9.99. The second-order valence-electron chi connectivity index (χ2n) is 2.59. The summed E-state index contributed by atoms with van der Waals surface area (Å²) < 4.78 is 0. The molecule has 0 bridgehead atoms. The molecular formula is C24H45NO2W. The Kier molecular flexibility index (Phi) is 103. The average molecular weight is 563 g/mol. The molecule has 2 aromatic carbocycles. The Balaban J connectivity index is -0.0000000410. The molecule has 0 saturated heterocycles. The van der Waals surface area contributed by atoms with Crippen LogP contribution in [0.2, 0.25) is 0 Å². The van der Waals surface area contributed by atoms with Gasteiger partial charge in [0.05, 0.1) is 0 Å². The number of nitrogens with zero attached hydrogens (tertiary/aromatic N) is 1. The van der Waals surface area contributed by atoms with Crippen molar-refractivity contribution < 1.29 is 26.0 Å². The first-order chi connectivity index (χ1) is 13.3. The van der Waals surface area contributed by atoms with Crippen LogP contribution in [0.5, 0.6) is 0 Å². The molecule has 4 heteroatoms. The smallest absolute Gasteiger partial charge is 0.260 e. The van der Waals surface area contributed by atoms with Crippen molar-refractivity contribution in [1.29, 1.82) is 0 Å². The van der Waals surface area contributed by atoms with Gasteiger partial charge in [0, 0.05) is 4.92 Å². The van der Waals surface area contributed by atoms with E-state index in [1.54, 1.807) is 0 Å². The summed E-state index contributed by atoms with van der Waals surface area (Å²) in [6.45, 7) is 24.0. The topological polar surface area (TPSA) is 43.1 Å². The summed E-state index contributed by atoms with van der Waals surface area (Å²) in [6.07, 6.45) is 0. The molecule has 0 aliphatic carbocycles. The standard InChI is InChI=1S/C6H4NO2.C6H5.6C2H6.W/c8-7(9)6-4-2-1-3-5-6;1-2-4-6-5-3-1;6*1-2;/h2-5H;1-5H;6*1-2H3;/q2*-1;;;;;;;+2. The molecule has 0 heterocycles. The van der Waals surface area contributed by atoms with Crippen LogP contribution in [0.25, 0.3) is 0 Å². The zero-order valence-electron chi connectivity index (χ0n) is 20.4. The van der Waals surface area contributed by atoms with Crippen LogP contribution in [-0.4, -0.2) is 4.92 Å². The normalized spacial score (nSPS) is 5.86. The van der Waals surface area contributed by atoms with E-state index in [9.17, 15) is 10.1 Å². The summed E-state index contributed by atoms with van der Waals surface area (Å²) in [5.41, 5.74) is 0.105. The summed E-state index contributed by atoms with van der Waals surface area (Å²) in [6, 6.07) is 21.0. The van der Waals surface area contributed by atoms with Crippen LogP contribution >= 0.6 is 0 Å². The summed E-state index contributed by atoms with van der Waals surface area (Å²) in [5, 5.41) is 9.99. The molecule has 3 nitrogen and oxygen atoms in total. The quantitative estimate of drug-likeness (QED) is 0.197. The third kappa shape index (κ3) is 49.7. The number of nitro groups is 1. The zero-order chi connectivity index (χ0) is 22.9. The van der Waals surface area contributed by atoms with Gasteiger partial charge in [0.15, 0.2) is 5.69 Å². The van der Waals surface area contributed by atoms with Gasteiger partial charge in [-0.15, -0.1) is 0 Å². The number of non-ortho nitro benzene ring substituents is 1. The van der Waals surface area contributed by atoms with Crippen molar-refractivity contribution in [2.24, 2.45) is 0 Å². The minimum Gasteiger partial charge on any atom is -0.260 e. The summed E-state index contributed by atoms with van der Waals surface area (Å²) >= 11 is 0. The molecule has 0 spiro atoms. The van der Waals surface area contributed by atoms with Crippen LogP contribution in [-0.2, 0) is 21.1 Å². The largest absolute Gasteiger partial charge is 2.00 e. The number of nitro benzene ring substituents is 1. The molecule has 0 atom stereocenters. The van der Waals surface area contributed by atoms with Crippen molar-refractivity contribution in [2.45, 2.75) is 83.1 Å². The molecule has 0 unspecified atom stereocenters. The maximum atomic E-state index is 9.99. The third-order valence-electron chi connectivity index (χ3n) is 1.52. The Morgan fingerprint density at radius 1 is 0.607 bits per heavy atom. The Hall–Kier alpha value is -1.47. The van der Waals surface area contributed by atoms with E-state index in [-0.39, 0.29) is 26.8 Å². The fourth-order valence-corrected chi connectivity index (χ4v) is 0.842. The predicted molar refractivity (Wildman–Crippen MR) is 125 cm³/mol. The van der Waals surface area contributed by atoms with Gasteiger partial charge in [0.2, 0.25) is 0 Å². The Bertz CT molecular complexity index is 369. The second-order valence-corrected chi connectivity index (χ2v) is 2.59. The SMILES string of the molecule is CC.CC.CC.CC.CC.CC.O=[N+]([O-])c1cc[c-]cc1.[W+2].[c-]1ccccc1. The number of benzene rings is 2. The fourth-order valence-electron chi connectivity index (χ4n) is 0.842. The Morgan fingerprint density at radius 2 is 0.893 bits per heavy atom. The maximum Gasteiger partial charge on any atom is 2.00 e. The Labute approximate surface area is 191 Å². The summed E-state index contributed by atoms with van der Waals surface area (Å²) in [7, 11) is 0. The van der Waals surface area contributed by atoms with Crippen molar-refractivity contribution in [3.63, 3.8) is 0 Å². The van der Waals surface area contributed by atoms with E-state index in [1.807, 2.05) is 113 Å². The van der Waals surface area contributed by atoms with Gasteiger partial charge in [-0.05, 0) is 0 Å².